The van der Waals surface area contributed by atoms with Crippen LogP contribution in [0, 0.1) is 0 Å². The van der Waals surface area contributed by atoms with Crippen LogP contribution >= 0.6 is 11.6 Å². The number of likely N-dealkylation sites (N-methyl/N-ethyl adjacent to an activating group) is 1. The molecule has 0 saturated heterocycles. The number of anilines is 1. The molecule has 0 heterocycles. The summed E-state index contributed by atoms with van der Waals surface area (Å²) in [5.41, 5.74) is 0.422. The summed E-state index contributed by atoms with van der Waals surface area (Å²) in [6.45, 7) is 0.291. The molecule has 1 rings (SSSR count). The third-order valence-corrected chi connectivity index (χ3v) is 4.83. The van der Waals surface area contributed by atoms with Crippen LogP contribution in [-0.4, -0.2) is 76.6 Å². The largest absolute Gasteiger partial charge is 0.465 e. The zero-order valence-corrected chi connectivity index (χ0v) is 16.1. The monoisotopic (exact) mass is 391 g/mol. The number of halogens is 1. The minimum absolute atomic E-state index is 0.176. The predicted octanol–water partition coefficient (Wildman–Crippen LogP) is 0.888. The fourth-order valence-corrected chi connectivity index (χ4v) is 2.82. The van der Waals surface area contributed by atoms with E-state index < -0.39 is 21.9 Å². The van der Waals surface area contributed by atoms with Crippen molar-refractivity contribution in [2.24, 2.45) is 0 Å². The van der Waals surface area contributed by atoms with Crippen molar-refractivity contribution in [1.29, 1.82) is 0 Å². The van der Waals surface area contributed by atoms with Crippen LogP contribution in [0.1, 0.15) is 10.4 Å². The van der Waals surface area contributed by atoms with Gasteiger partial charge in [0.2, 0.25) is 15.9 Å². The third-order valence-electron chi connectivity index (χ3n) is 3.25. The Hall–Kier alpha value is -1.68. The van der Waals surface area contributed by atoms with Crippen LogP contribution in [0.25, 0.3) is 0 Å². The van der Waals surface area contributed by atoms with E-state index in [0.717, 1.165) is 10.6 Å². The van der Waals surface area contributed by atoms with Gasteiger partial charge in [0.05, 0.1) is 36.2 Å². The highest BCUT2D eigenvalue weighted by Crippen LogP contribution is 2.23. The molecule has 0 saturated carbocycles. The standard InChI is InChI=1S/C15H22ClN3O5S/c1-18(2)7-8-19(25(4,22)23)10-14(20)17-13-9-11(15(21)24-3)5-6-12(13)16/h5-6,9H,7-8,10H2,1-4H3,(H,17,20). The Morgan fingerprint density at radius 1 is 1.24 bits per heavy atom. The molecule has 0 atom stereocenters. The van der Waals surface area contributed by atoms with Crippen molar-refractivity contribution in [2.45, 2.75) is 0 Å². The Kier molecular flexibility index (Phi) is 7.81. The average Bonchev–Trinajstić information content (AvgIpc) is 2.51. The van der Waals surface area contributed by atoms with E-state index in [4.69, 9.17) is 11.6 Å². The van der Waals surface area contributed by atoms with Gasteiger partial charge < -0.3 is 15.0 Å². The summed E-state index contributed by atoms with van der Waals surface area (Å²) in [4.78, 5) is 25.6. The zero-order chi connectivity index (χ0) is 19.2. The number of sulfonamides is 1. The molecular weight excluding hydrogens is 370 g/mol. The van der Waals surface area contributed by atoms with Crippen molar-refractivity contribution < 1.29 is 22.7 Å². The summed E-state index contributed by atoms with van der Waals surface area (Å²) in [6, 6.07) is 4.28. The Morgan fingerprint density at radius 3 is 2.40 bits per heavy atom. The van der Waals surface area contributed by atoms with Gasteiger partial charge in [-0.05, 0) is 32.3 Å². The molecule has 0 aliphatic rings. The first-order valence-corrected chi connectivity index (χ1v) is 9.54. The Bertz CT molecular complexity index is 737. The second-order valence-electron chi connectivity index (χ2n) is 5.63. The molecule has 0 aliphatic heterocycles. The molecule has 0 unspecified atom stereocenters. The molecule has 0 bridgehead atoms. The van der Waals surface area contributed by atoms with E-state index in [0.29, 0.717) is 6.54 Å². The lowest BCUT2D eigenvalue weighted by Crippen LogP contribution is -2.41. The number of benzene rings is 1. The number of rotatable bonds is 8. The van der Waals surface area contributed by atoms with E-state index in [-0.39, 0.29) is 29.4 Å². The molecule has 25 heavy (non-hydrogen) atoms. The van der Waals surface area contributed by atoms with Gasteiger partial charge in [0.15, 0.2) is 0 Å². The number of hydrogen-bond donors (Lipinski definition) is 1. The lowest BCUT2D eigenvalue weighted by Gasteiger charge is -2.21. The molecule has 0 spiro atoms. The molecular formula is C15H22ClN3O5S. The Morgan fingerprint density at radius 2 is 1.88 bits per heavy atom. The minimum Gasteiger partial charge on any atom is -0.465 e. The SMILES string of the molecule is COC(=O)c1ccc(Cl)c(NC(=O)CN(CCN(C)C)S(C)(=O)=O)c1. The lowest BCUT2D eigenvalue weighted by molar-refractivity contribution is -0.116. The van der Waals surface area contributed by atoms with Gasteiger partial charge in [-0.25, -0.2) is 13.2 Å². The molecule has 0 fully saturated rings. The van der Waals surface area contributed by atoms with E-state index in [1.807, 2.05) is 4.90 Å². The number of amides is 1. The number of methoxy groups -OCH3 is 1. The van der Waals surface area contributed by atoms with Gasteiger partial charge in [0.25, 0.3) is 0 Å². The first-order valence-electron chi connectivity index (χ1n) is 7.32. The highest BCUT2D eigenvalue weighted by Gasteiger charge is 2.21. The molecule has 1 aromatic carbocycles. The predicted molar refractivity (Wildman–Crippen MR) is 96.4 cm³/mol. The Labute approximate surface area is 152 Å². The second kappa shape index (κ2) is 9.14. The molecule has 1 N–H and O–H groups in total. The maximum absolute atomic E-state index is 12.2. The van der Waals surface area contributed by atoms with Crippen molar-refractivity contribution in [3.05, 3.63) is 28.8 Å². The van der Waals surface area contributed by atoms with Crippen LogP contribution in [0.15, 0.2) is 18.2 Å². The minimum atomic E-state index is -3.54. The van der Waals surface area contributed by atoms with E-state index in [1.165, 1.54) is 25.3 Å². The topological polar surface area (TPSA) is 96.0 Å². The summed E-state index contributed by atoms with van der Waals surface area (Å²) in [6.07, 6.45) is 1.04. The quantitative estimate of drug-likeness (QED) is 0.661. The second-order valence-corrected chi connectivity index (χ2v) is 8.02. The van der Waals surface area contributed by atoms with E-state index >= 15 is 0 Å². The molecule has 0 aliphatic carbocycles. The molecule has 8 nitrogen and oxygen atoms in total. The van der Waals surface area contributed by atoms with Crippen LogP contribution < -0.4 is 5.32 Å². The molecule has 1 aromatic rings. The van der Waals surface area contributed by atoms with Crippen LogP contribution in [0.5, 0.6) is 0 Å². The number of carbonyl (C=O) groups excluding carboxylic acids is 2. The van der Waals surface area contributed by atoms with Gasteiger partial charge in [-0.15, -0.1) is 0 Å². The van der Waals surface area contributed by atoms with Gasteiger partial charge in [0.1, 0.15) is 0 Å². The first-order chi connectivity index (χ1) is 11.5. The van der Waals surface area contributed by atoms with Crippen molar-refractivity contribution in [2.75, 3.05) is 52.4 Å². The number of esters is 1. The van der Waals surface area contributed by atoms with Crippen LogP contribution in [0.3, 0.4) is 0 Å². The summed E-state index contributed by atoms with van der Waals surface area (Å²) in [5.74, 6) is -1.14. The van der Waals surface area contributed by atoms with Crippen molar-refractivity contribution in [3.63, 3.8) is 0 Å². The number of hydrogen-bond acceptors (Lipinski definition) is 6. The maximum Gasteiger partial charge on any atom is 0.337 e. The van der Waals surface area contributed by atoms with E-state index in [2.05, 4.69) is 10.1 Å². The van der Waals surface area contributed by atoms with Crippen LogP contribution in [-0.2, 0) is 19.6 Å². The van der Waals surface area contributed by atoms with Crippen molar-refractivity contribution >= 4 is 39.2 Å². The first kappa shape index (κ1) is 21.4. The maximum atomic E-state index is 12.2. The van der Waals surface area contributed by atoms with Gasteiger partial charge >= 0.3 is 5.97 Å². The van der Waals surface area contributed by atoms with Crippen LogP contribution in [0.4, 0.5) is 5.69 Å². The highest BCUT2D eigenvalue weighted by molar-refractivity contribution is 7.88. The van der Waals surface area contributed by atoms with Crippen molar-refractivity contribution in [1.82, 2.24) is 9.21 Å². The fraction of sp³-hybridized carbons (Fsp3) is 0.467. The number of nitrogens with one attached hydrogen (secondary N) is 1. The number of nitrogens with zero attached hydrogens (tertiary/aromatic N) is 2. The molecule has 140 valence electrons. The highest BCUT2D eigenvalue weighted by atomic mass is 35.5. The average molecular weight is 392 g/mol. The van der Waals surface area contributed by atoms with Gasteiger partial charge in [0, 0.05) is 13.1 Å². The van der Waals surface area contributed by atoms with Crippen LogP contribution in [0.2, 0.25) is 5.02 Å². The molecule has 0 radical (unpaired) electrons. The molecule has 1 amide bonds. The van der Waals surface area contributed by atoms with Gasteiger partial charge in [-0.1, -0.05) is 11.6 Å². The molecule has 0 aromatic heterocycles. The van der Waals surface area contributed by atoms with Gasteiger partial charge in [-0.2, -0.15) is 4.31 Å². The summed E-state index contributed by atoms with van der Waals surface area (Å²) in [7, 11) is 1.30. The smallest absolute Gasteiger partial charge is 0.337 e. The van der Waals surface area contributed by atoms with Crippen molar-refractivity contribution in [3.8, 4) is 0 Å². The Balaban J connectivity index is 2.88. The van der Waals surface area contributed by atoms with Gasteiger partial charge in [-0.3, -0.25) is 4.79 Å². The van der Waals surface area contributed by atoms with E-state index in [1.54, 1.807) is 14.1 Å². The number of carbonyl (C=O) groups is 2. The third kappa shape index (κ3) is 6.99. The summed E-state index contributed by atoms with van der Waals surface area (Å²) in [5, 5.41) is 2.74. The fourth-order valence-electron chi connectivity index (χ4n) is 1.89. The normalized spacial score (nSPS) is 11.6. The molecule has 10 heteroatoms. The summed E-state index contributed by atoms with van der Waals surface area (Å²) >= 11 is 6.01. The van der Waals surface area contributed by atoms with E-state index in [9.17, 15) is 18.0 Å². The lowest BCUT2D eigenvalue weighted by atomic mass is 10.2. The zero-order valence-electron chi connectivity index (χ0n) is 14.6. The number of ether oxygens (including phenoxy) is 1. The summed E-state index contributed by atoms with van der Waals surface area (Å²) < 4.78 is 29.3.